The Balaban J connectivity index is 1.77. The Hall–Kier alpha value is -4.12. The van der Waals surface area contributed by atoms with Crippen molar-refractivity contribution in [1.29, 1.82) is 0 Å². The van der Waals surface area contributed by atoms with Crippen LogP contribution in [0.1, 0.15) is 20.7 Å². The summed E-state index contributed by atoms with van der Waals surface area (Å²) in [6.07, 6.45) is 1.65. The highest BCUT2D eigenvalue weighted by molar-refractivity contribution is 5.90. The number of hydrogen-bond acceptors (Lipinski definition) is 9. The van der Waals surface area contributed by atoms with Crippen LogP contribution in [0.3, 0.4) is 0 Å². The quantitative estimate of drug-likeness (QED) is 0.209. The molecule has 2 aromatic rings. The predicted molar refractivity (Wildman–Crippen MR) is 113 cm³/mol. The SMILES string of the molecule is C=CCN(CCOC(=O)c1ccc([N+](=O)[O-])cc1)CCOC(=O)c1ccc([N+](=O)[O-])cc1. The van der Waals surface area contributed by atoms with Crippen LogP contribution < -0.4 is 0 Å². The fraction of sp³-hybridized carbons (Fsp3) is 0.238. The molecule has 168 valence electrons. The van der Waals surface area contributed by atoms with Gasteiger partial charge in [0.15, 0.2) is 0 Å². The molecular weight excluding hydrogens is 422 g/mol. The van der Waals surface area contributed by atoms with Crippen LogP contribution in [0.25, 0.3) is 0 Å². The van der Waals surface area contributed by atoms with Crippen molar-refractivity contribution in [2.24, 2.45) is 0 Å². The van der Waals surface area contributed by atoms with E-state index in [4.69, 9.17) is 9.47 Å². The second-order valence-corrected chi connectivity index (χ2v) is 6.47. The first-order valence-electron chi connectivity index (χ1n) is 9.48. The number of rotatable bonds is 12. The van der Waals surface area contributed by atoms with Crippen LogP contribution in [-0.4, -0.2) is 59.5 Å². The number of nitrogens with zero attached hydrogens (tertiary/aromatic N) is 3. The number of nitro groups is 2. The molecule has 0 atom stereocenters. The third-order valence-electron chi connectivity index (χ3n) is 4.30. The summed E-state index contributed by atoms with van der Waals surface area (Å²) in [6.45, 7) is 4.93. The van der Waals surface area contributed by atoms with E-state index in [0.29, 0.717) is 19.6 Å². The molecule has 2 aromatic carbocycles. The summed E-state index contributed by atoms with van der Waals surface area (Å²) >= 11 is 0. The standard InChI is InChI=1S/C21H21N3O8/c1-2-11-22(12-14-31-20(25)16-3-7-18(8-4-16)23(27)28)13-15-32-21(26)17-5-9-19(10-6-17)24(29)30/h2-10H,1,11-15H2. The number of hydrogen-bond donors (Lipinski definition) is 0. The summed E-state index contributed by atoms with van der Waals surface area (Å²) in [4.78, 5) is 46.1. The van der Waals surface area contributed by atoms with Crippen LogP contribution in [-0.2, 0) is 9.47 Å². The Kier molecular flexibility index (Phi) is 8.99. The molecule has 0 saturated carbocycles. The maximum absolute atomic E-state index is 12.0. The van der Waals surface area contributed by atoms with Crippen LogP contribution in [0, 0.1) is 20.2 Å². The molecule has 0 aliphatic carbocycles. The molecule has 0 unspecified atom stereocenters. The van der Waals surface area contributed by atoms with Gasteiger partial charge in [-0.25, -0.2) is 9.59 Å². The second kappa shape index (κ2) is 11.9. The van der Waals surface area contributed by atoms with E-state index < -0.39 is 21.8 Å². The lowest BCUT2D eigenvalue weighted by molar-refractivity contribution is -0.385. The molecule has 0 aliphatic heterocycles. The molecule has 0 aliphatic rings. The van der Waals surface area contributed by atoms with Crippen molar-refractivity contribution in [2.45, 2.75) is 0 Å². The molecule has 0 bridgehead atoms. The van der Waals surface area contributed by atoms with Gasteiger partial charge in [0.05, 0.1) is 21.0 Å². The van der Waals surface area contributed by atoms with Crippen molar-refractivity contribution in [3.05, 3.63) is 92.5 Å². The van der Waals surface area contributed by atoms with E-state index in [0.717, 1.165) is 0 Å². The molecule has 0 spiro atoms. The number of carbonyl (C=O) groups excluding carboxylic acids is 2. The molecule has 2 rings (SSSR count). The van der Waals surface area contributed by atoms with Gasteiger partial charge in [0.1, 0.15) is 13.2 Å². The van der Waals surface area contributed by atoms with Crippen LogP contribution in [0.4, 0.5) is 11.4 Å². The molecule has 0 aromatic heterocycles. The van der Waals surface area contributed by atoms with Crippen molar-refractivity contribution in [1.82, 2.24) is 4.90 Å². The van der Waals surface area contributed by atoms with E-state index in [2.05, 4.69) is 6.58 Å². The lowest BCUT2D eigenvalue weighted by Crippen LogP contribution is -2.32. The minimum absolute atomic E-state index is 0.0555. The summed E-state index contributed by atoms with van der Waals surface area (Å²) in [5.74, 6) is -1.22. The summed E-state index contributed by atoms with van der Waals surface area (Å²) in [7, 11) is 0. The number of non-ortho nitro benzene ring substituents is 2. The van der Waals surface area contributed by atoms with Gasteiger partial charge in [0.25, 0.3) is 11.4 Å². The number of esters is 2. The molecule has 0 heterocycles. The highest BCUT2D eigenvalue weighted by Gasteiger charge is 2.13. The molecule has 11 heteroatoms. The van der Waals surface area contributed by atoms with Crippen molar-refractivity contribution in [2.75, 3.05) is 32.8 Å². The van der Waals surface area contributed by atoms with Gasteiger partial charge in [0.2, 0.25) is 0 Å². The van der Waals surface area contributed by atoms with Crippen LogP contribution in [0.15, 0.2) is 61.2 Å². The predicted octanol–water partition coefficient (Wildman–Crippen LogP) is 3.00. The van der Waals surface area contributed by atoms with Crippen molar-refractivity contribution in [3.8, 4) is 0 Å². The number of ether oxygens (including phenoxy) is 2. The first kappa shape index (κ1) is 24.2. The maximum atomic E-state index is 12.0. The minimum Gasteiger partial charge on any atom is -0.461 e. The van der Waals surface area contributed by atoms with Gasteiger partial charge in [-0.2, -0.15) is 0 Å². The number of carbonyl (C=O) groups is 2. The Morgan fingerprint density at radius 2 is 1.19 bits per heavy atom. The smallest absolute Gasteiger partial charge is 0.338 e. The molecule has 0 saturated heterocycles. The molecule has 0 radical (unpaired) electrons. The first-order chi connectivity index (χ1) is 15.3. The monoisotopic (exact) mass is 443 g/mol. The average molecular weight is 443 g/mol. The molecule has 11 nitrogen and oxygen atoms in total. The van der Waals surface area contributed by atoms with Gasteiger partial charge in [-0.1, -0.05) is 6.08 Å². The average Bonchev–Trinajstić information content (AvgIpc) is 2.79. The van der Waals surface area contributed by atoms with Gasteiger partial charge in [-0.15, -0.1) is 6.58 Å². The summed E-state index contributed by atoms with van der Waals surface area (Å²) in [5, 5.41) is 21.3. The topological polar surface area (TPSA) is 142 Å². The zero-order chi connectivity index (χ0) is 23.5. The van der Waals surface area contributed by atoms with Gasteiger partial charge >= 0.3 is 11.9 Å². The van der Waals surface area contributed by atoms with Gasteiger partial charge in [-0.3, -0.25) is 25.1 Å². The maximum Gasteiger partial charge on any atom is 0.338 e. The lowest BCUT2D eigenvalue weighted by Gasteiger charge is -2.20. The zero-order valence-electron chi connectivity index (χ0n) is 17.0. The van der Waals surface area contributed by atoms with E-state index >= 15 is 0 Å². The Bertz CT molecular complexity index is 898. The molecule has 32 heavy (non-hydrogen) atoms. The van der Waals surface area contributed by atoms with E-state index in [1.165, 1.54) is 48.5 Å². The van der Waals surface area contributed by atoms with E-state index in [1.807, 2.05) is 4.90 Å². The highest BCUT2D eigenvalue weighted by Crippen LogP contribution is 2.13. The summed E-state index contributed by atoms with van der Waals surface area (Å²) < 4.78 is 10.4. The molecule has 0 N–H and O–H groups in total. The number of nitro benzene ring substituents is 2. The largest absolute Gasteiger partial charge is 0.461 e. The Morgan fingerprint density at radius 3 is 1.50 bits per heavy atom. The fourth-order valence-electron chi connectivity index (χ4n) is 2.62. The second-order valence-electron chi connectivity index (χ2n) is 6.47. The summed E-state index contributed by atoms with van der Waals surface area (Å²) in [5.41, 5.74) is 0.148. The third-order valence-corrected chi connectivity index (χ3v) is 4.30. The van der Waals surface area contributed by atoms with Crippen LogP contribution in [0.5, 0.6) is 0 Å². The molecular formula is C21H21N3O8. The lowest BCUT2D eigenvalue weighted by atomic mass is 10.2. The van der Waals surface area contributed by atoms with E-state index in [-0.39, 0.29) is 35.7 Å². The Labute approximate surface area is 183 Å². The number of benzene rings is 2. The van der Waals surface area contributed by atoms with Crippen LogP contribution >= 0.6 is 0 Å². The first-order valence-corrected chi connectivity index (χ1v) is 9.48. The van der Waals surface area contributed by atoms with Gasteiger partial charge < -0.3 is 9.47 Å². The van der Waals surface area contributed by atoms with Gasteiger partial charge in [0, 0.05) is 43.9 Å². The van der Waals surface area contributed by atoms with E-state index in [1.54, 1.807) is 6.08 Å². The van der Waals surface area contributed by atoms with Crippen LogP contribution in [0.2, 0.25) is 0 Å². The molecule has 0 amide bonds. The normalized spacial score (nSPS) is 10.4. The zero-order valence-corrected chi connectivity index (χ0v) is 17.0. The fourth-order valence-corrected chi connectivity index (χ4v) is 2.62. The Morgan fingerprint density at radius 1 is 0.812 bits per heavy atom. The molecule has 0 fully saturated rings. The van der Waals surface area contributed by atoms with Crippen molar-refractivity contribution < 1.29 is 28.9 Å². The van der Waals surface area contributed by atoms with Crippen molar-refractivity contribution in [3.63, 3.8) is 0 Å². The van der Waals surface area contributed by atoms with E-state index in [9.17, 15) is 29.8 Å². The minimum atomic E-state index is -0.608. The third kappa shape index (κ3) is 7.29. The van der Waals surface area contributed by atoms with Crippen molar-refractivity contribution >= 4 is 23.3 Å². The highest BCUT2D eigenvalue weighted by atomic mass is 16.6. The summed E-state index contributed by atoms with van der Waals surface area (Å²) in [6, 6.07) is 10.2. The van der Waals surface area contributed by atoms with Gasteiger partial charge in [-0.05, 0) is 24.3 Å².